The van der Waals surface area contributed by atoms with Gasteiger partial charge >= 0.3 is 0 Å². The van der Waals surface area contributed by atoms with Gasteiger partial charge in [-0.2, -0.15) is 0 Å². The number of anilines is 1. The molecule has 0 bridgehead atoms. The molecular weight excluding hydrogens is 376 g/mol. The van der Waals surface area contributed by atoms with Crippen molar-refractivity contribution in [1.29, 1.82) is 0 Å². The fraction of sp³-hybridized carbons (Fsp3) is 0.280. The second-order valence-electron chi connectivity index (χ2n) is 7.55. The molecule has 5 heteroatoms. The third-order valence-corrected chi connectivity index (χ3v) is 4.99. The van der Waals surface area contributed by atoms with Gasteiger partial charge in [0, 0.05) is 12.8 Å². The number of amides is 1. The maximum atomic E-state index is 12.6. The van der Waals surface area contributed by atoms with Crippen LogP contribution in [0.4, 0.5) is 5.69 Å². The molecule has 3 rings (SSSR count). The average Bonchev–Trinajstić information content (AvgIpc) is 2.74. The standard InChI is InChI=1S/C25H28N2O3/c1-16(2)19-7-6-8-22(15-19)30-21-11-9-20(10-12-21)27-25(28)23-13-14-24(18(4)29-5)26-17(23)3/h6-16,18H,1-5H3,(H,27,28). The number of aryl methyl sites for hydroxylation is 1. The van der Waals surface area contributed by atoms with Crippen molar-refractivity contribution >= 4 is 11.6 Å². The van der Waals surface area contributed by atoms with E-state index < -0.39 is 0 Å². The maximum absolute atomic E-state index is 12.6. The molecule has 0 spiro atoms. The van der Waals surface area contributed by atoms with Crippen LogP contribution in [0.5, 0.6) is 11.5 Å². The van der Waals surface area contributed by atoms with Crippen LogP contribution in [0.3, 0.4) is 0 Å². The molecule has 156 valence electrons. The Morgan fingerprint density at radius 2 is 1.70 bits per heavy atom. The van der Waals surface area contributed by atoms with Gasteiger partial charge in [-0.3, -0.25) is 9.78 Å². The zero-order valence-corrected chi connectivity index (χ0v) is 18.1. The molecular formula is C25H28N2O3. The highest BCUT2D eigenvalue weighted by molar-refractivity contribution is 6.05. The molecule has 5 nitrogen and oxygen atoms in total. The van der Waals surface area contributed by atoms with E-state index in [1.54, 1.807) is 13.2 Å². The lowest BCUT2D eigenvalue weighted by atomic mass is 10.0. The third-order valence-electron chi connectivity index (χ3n) is 4.99. The zero-order chi connectivity index (χ0) is 21.7. The number of carbonyl (C=O) groups is 1. The first-order valence-corrected chi connectivity index (χ1v) is 10.1. The summed E-state index contributed by atoms with van der Waals surface area (Å²) < 4.78 is 11.2. The monoisotopic (exact) mass is 404 g/mol. The van der Waals surface area contributed by atoms with E-state index in [4.69, 9.17) is 9.47 Å². The number of nitrogens with zero attached hydrogens (tertiary/aromatic N) is 1. The first-order chi connectivity index (χ1) is 14.4. The molecule has 0 aliphatic rings. The van der Waals surface area contributed by atoms with Crippen molar-refractivity contribution < 1.29 is 14.3 Å². The Morgan fingerprint density at radius 1 is 0.967 bits per heavy atom. The number of rotatable bonds is 7. The van der Waals surface area contributed by atoms with Crippen LogP contribution in [-0.2, 0) is 4.74 Å². The topological polar surface area (TPSA) is 60.5 Å². The SMILES string of the molecule is COC(C)c1ccc(C(=O)Nc2ccc(Oc3cccc(C(C)C)c3)cc2)c(C)n1. The second kappa shape index (κ2) is 9.55. The van der Waals surface area contributed by atoms with Gasteiger partial charge in [0.2, 0.25) is 0 Å². The molecule has 2 aromatic carbocycles. The minimum Gasteiger partial charge on any atom is -0.457 e. The lowest BCUT2D eigenvalue weighted by Crippen LogP contribution is -2.15. The molecule has 1 amide bonds. The Bertz CT molecular complexity index is 1010. The summed E-state index contributed by atoms with van der Waals surface area (Å²) in [6.07, 6.45) is -0.116. The van der Waals surface area contributed by atoms with Gasteiger partial charge in [0.25, 0.3) is 5.91 Å². The highest BCUT2D eigenvalue weighted by atomic mass is 16.5. The number of ether oxygens (including phenoxy) is 2. The van der Waals surface area contributed by atoms with Crippen LogP contribution < -0.4 is 10.1 Å². The quantitative estimate of drug-likeness (QED) is 0.504. The van der Waals surface area contributed by atoms with E-state index in [1.807, 2.05) is 62.4 Å². The second-order valence-corrected chi connectivity index (χ2v) is 7.55. The predicted octanol–water partition coefficient (Wildman–Crippen LogP) is 6.27. The summed E-state index contributed by atoms with van der Waals surface area (Å²) in [6, 6.07) is 19.0. The van der Waals surface area contributed by atoms with Gasteiger partial charge < -0.3 is 14.8 Å². The lowest BCUT2D eigenvalue weighted by molar-refractivity contribution is 0.102. The van der Waals surface area contributed by atoms with Gasteiger partial charge in [0.15, 0.2) is 0 Å². The van der Waals surface area contributed by atoms with Crippen molar-refractivity contribution in [2.75, 3.05) is 12.4 Å². The fourth-order valence-electron chi connectivity index (χ4n) is 3.05. The Morgan fingerprint density at radius 3 is 2.33 bits per heavy atom. The van der Waals surface area contributed by atoms with Crippen molar-refractivity contribution in [1.82, 2.24) is 4.98 Å². The Labute approximate surface area is 178 Å². The number of aromatic nitrogens is 1. The van der Waals surface area contributed by atoms with Crippen LogP contribution in [0.25, 0.3) is 0 Å². The zero-order valence-electron chi connectivity index (χ0n) is 18.1. The van der Waals surface area contributed by atoms with Crippen LogP contribution in [-0.4, -0.2) is 18.0 Å². The van der Waals surface area contributed by atoms with Gasteiger partial charge in [-0.05, 0) is 73.9 Å². The van der Waals surface area contributed by atoms with E-state index in [9.17, 15) is 4.79 Å². The summed E-state index contributed by atoms with van der Waals surface area (Å²) in [6.45, 7) is 8.05. The van der Waals surface area contributed by atoms with Crippen LogP contribution >= 0.6 is 0 Å². The minimum absolute atomic E-state index is 0.116. The summed E-state index contributed by atoms with van der Waals surface area (Å²) in [5.41, 5.74) is 3.92. The smallest absolute Gasteiger partial charge is 0.257 e. The molecule has 3 aromatic rings. The van der Waals surface area contributed by atoms with E-state index >= 15 is 0 Å². The van der Waals surface area contributed by atoms with Crippen molar-refractivity contribution in [3.8, 4) is 11.5 Å². The van der Waals surface area contributed by atoms with E-state index in [0.29, 0.717) is 28.6 Å². The molecule has 0 aliphatic carbocycles. The number of carbonyl (C=O) groups excluding carboxylic acids is 1. The van der Waals surface area contributed by atoms with Crippen molar-refractivity contribution in [2.24, 2.45) is 0 Å². The molecule has 0 saturated carbocycles. The molecule has 1 unspecified atom stereocenters. The Balaban J connectivity index is 1.67. The van der Waals surface area contributed by atoms with Crippen LogP contribution in [0, 0.1) is 6.92 Å². The normalized spacial score (nSPS) is 11.9. The molecule has 0 radical (unpaired) electrons. The predicted molar refractivity (Wildman–Crippen MR) is 119 cm³/mol. The molecule has 0 fully saturated rings. The van der Waals surface area contributed by atoms with Crippen molar-refractivity contribution in [2.45, 2.75) is 39.7 Å². The van der Waals surface area contributed by atoms with Gasteiger partial charge in [-0.15, -0.1) is 0 Å². The maximum Gasteiger partial charge on any atom is 0.257 e. The van der Waals surface area contributed by atoms with Gasteiger partial charge in [-0.1, -0.05) is 26.0 Å². The van der Waals surface area contributed by atoms with E-state index in [2.05, 4.69) is 30.2 Å². The van der Waals surface area contributed by atoms with Crippen LogP contribution in [0.2, 0.25) is 0 Å². The lowest BCUT2D eigenvalue weighted by Gasteiger charge is -2.13. The first-order valence-electron chi connectivity index (χ1n) is 10.1. The van der Waals surface area contributed by atoms with Gasteiger partial charge in [0.05, 0.1) is 23.1 Å². The van der Waals surface area contributed by atoms with Gasteiger partial charge in [0.1, 0.15) is 11.5 Å². The molecule has 1 atom stereocenters. The number of nitrogens with one attached hydrogen (secondary N) is 1. The Hall–Kier alpha value is -3.18. The number of hydrogen-bond acceptors (Lipinski definition) is 4. The van der Waals surface area contributed by atoms with Crippen LogP contribution in [0.15, 0.2) is 60.7 Å². The molecule has 30 heavy (non-hydrogen) atoms. The average molecular weight is 405 g/mol. The summed E-state index contributed by atoms with van der Waals surface area (Å²) >= 11 is 0. The van der Waals surface area contributed by atoms with Crippen molar-refractivity contribution in [3.63, 3.8) is 0 Å². The van der Waals surface area contributed by atoms with E-state index in [0.717, 1.165) is 11.4 Å². The largest absolute Gasteiger partial charge is 0.457 e. The number of pyridine rings is 1. The number of benzene rings is 2. The van der Waals surface area contributed by atoms with Gasteiger partial charge in [-0.25, -0.2) is 0 Å². The summed E-state index contributed by atoms with van der Waals surface area (Å²) in [5, 5.41) is 2.91. The Kier molecular flexibility index (Phi) is 6.85. The molecule has 1 N–H and O–H groups in total. The molecule has 1 aromatic heterocycles. The number of hydrogen-bond donors (Lipinski definition) is 1. The first kappa shape index (κ1) is 21.5. The summed E-state index contributed by atoms with van der Waals surface area (Å²) in [7, 11) is 1.64. The third kappa shape index (κ3) is 5.24. The van der Waals surface area contributed by atoms with E-state index in [-0.39, 0.29) is 12.0 Å². The number of methoxy groups -OCH3 is 1. The molecule has 0 aliphatic heterocycles. The molecule has 0 saturated heterocycles. The van der Waals surface area contributed by atoms with E-state index in [1.165, 1.54) is 5.56 Å². The van der Waals surface area contributed by atoms with Crippen molar-refractivity contribution in [3.05, 3.63) is 83.2 Å². The highest BCUT2D eigenvalue weighted by Crippen LogP contribution is 2.26. The molecule has 1 heterocycles. The summed E-state index contributed by atoms with van der Waals surface area (Å²) in [5.74, 6) is 1.75. The fourth-order valence-corrected chi connectivity index (χ4v) is 3.05. The highest BCUT2D eigenvalue weighted by Gasteiger charge is 2.13. The minimum atomic E-state index is -0.199. The van der Waals surface area contributed by atoms with Crippen LogP contribution in [0.1, 0.15) is 60.1 Å². The summed E-state index contributed by atoms with van der Waals surface area (Å²) in [4.78, 5) is 17.1.